The van der Waals surface area contributed by atoms with Crippen molar-refractivity contribution in [2.24, 2.45) is 11.3 Å². The number of likely N-dealkylation sites (tertiary alicyclic amines) is 1. The summed E-state index contributed by atoms with van der Waals surface area (Å²) in [6.45, 7) is 3.22. The van der Waals surface area contributed by atoms with Gasteiger partial charge in [-0.25, -0.2) is 4.68 Å². The molecule has 1 N–H and O–H groups in total. The predicted molar refractivity (Wildman–Crippen MR) is 91.6 cm³/mol. The molecular formula is C19H21N3O3. The van der Waals surface area contributed by atoms with Crippen LogP contribution in [0.1, 0.15) is 35.3 Å². The Bertz CT molecular complexity index is 817. The number of rotatable bonds is 3. The molecule has 4 rings (SSSR count). The molecule has 1 aromatic carbocycles. The number of amides is 1. The van der Waals surface area contributed by atoms with Gasteiger partial charge in [-0.05, 0) is 61.9 Å². The first kappa shape index (κ1) is 15.9. The molecule has 1 atom stereocenters. The highest BCUT2D eigenvalue weighted by atomic mass is 16.4. The van der Waals surface area contributed by atoms with Gasteiger partial charge in [-0.3, -0.25) is 9.59 Å². The molecule has 2 aromatic rings. The maximum absolute atomic E-state index is 12.7. The minimum atomic E-state index is -0.691. The maximum atomic E-state index is 12.7. The lowest BCUT2D eigenvalue weighted by atomic mass is 9.90. The average molecular weight is 339 g/mol. The third-order valence-electron chi connectivity index (χ3n) is 5.64. The molecule has 1 unspecified atom stereocenters. The zero-order chi connectivity index (χ0) is 17.6. The predicted octanol–water partition coefficient (Wildman–Crippen LogP) is 2.51. The number of aromatic nitrogens is 2. The molecule has 0 bridgehead atoms. The average Bonchev–Trinajstić information content (AvgIpc) is 3.15. The van der Waals surface area contributed by atoms with Gasteiger partial charge in [0.2, 0.25) is 0 Å². The van der Waals surface area contributed by atoms with Crippen LogP contribution in [0.4, 0.5) is 0 Å². The minimum Gasteiger partial charge on any atom is -0.481 e. The second kappa shape index (κ2) is 5.72. The van der Waals surface area contributed by atoms with Crippen LogP contribution in [0.25, 0.3) is 5.69 Å². The molecule has 1 saturated carbocycles. The van der Waals surface area contributed by atoms with Crippen LogP contribution in [0.5, 0.6) is 0 Å². The molecule has 1 spiro atoms. The van der Waals surface area contributed by atoms with Crippen LogP contribution in [0, 0.1) is 18.3 Å². The van der Waals surface area contributed by atoms with Crippen molar-refractivity contribution >= 4 is 11.9 Å². The number of aliphatic carboxylic acids is 1. The number of carboxylic acids is 1. The molecule has 130 valence electrons. The Morgan fingerprint density at radius 2 is 1.84 bits per heavy atom. The first-order chi connectivity index (χ1) is 12.0. The SMILES string of the molecule is Cc1ccn(-c2ccc(C(=O)N3CCC4(CC3)CC4C(=O)O)cc2)n1. The van der Waals surface area contributed by atoms with Crippen LogP contribution < -0.4 is 0 Å². The van der Waals surface area contributed by atoms with E-state index in [1.54, 1.807) is 4.68 Å². The van der Waals surface area contributed by atoms with Gasteiger partial charge in [-0.2, -0.15) is 5.10 Å². The van der Waals surface area contributed by atoms with Crippen LogP contribution in [-0.4, -0.2) is 44.8 Å². The summed E-state index contributed by atoms with van der Waals surface area (Å²) in [6.07, 6.45) is 4.24. The zero-order valence-electron chi connectivity index (χ0n) is 14.2. The van der Waals surface area contributed by atoms with Gasteiger partial charge in [0.25, 0.3) is 5.91 Å². The van der Waals surface area contributed by atoms with E-state index >= 15 is 0 Å². The highest BCUT2D eigenvalue weighted by molar-refractivity contribution is 5.94. The minimum absolute atomic E-state index is 0.0190. The number of carbonyl (C=O) groups excluding carboxylic acids is 1. The van der Waals surface area contributed by atoms with Crippen LogP contribution in [-0.2, 0) is 4.79 Å². The van der Waals surface area contributed by atoms with Crippen molar-refractivity contribution in [3.63, 3.8) is 0 Å². The van der Waals surface area contributed by atoms with E-state index in [2.05, 4.69) is 5.10 Å². The fourth-order valence-corrected chi connectivity index (χ4v) is 3.90. The summed E-state index contributed by atoms with van der Waals surface area (Å²) in [6, 6.07) is 9.39. The lowest BCUT2D eigenvalue weighted by molar-refractivity contribution is -0.139. The summed E-state index contributed by atoms with van der Waals surface area (Å²) in [5.74, 6) is -0.878. The molecule has 1 aliphatic heterocycles. The lowest BCUT2D eigenvalue weighted by Gasteiger charge is -2.32. The summed E-state index contributed by atoms with van der Waals surface area (Å²) >= 11 is 0. The van der Waals surface area contributed by atoms with Crippen molar-refractivity contribution in [3.05, 3.63) is 47.8 Å². The van der Waals surface area contributed by atoms with E-state index in [9.17, 15) is 9.59 Å². The van der Waals surface area contributed by atoms with E-state index in [4.69, 9.17) is 5.11 Å². The molecule has 25 heavy (non-hydrogen) atoms. The van der Waals surface area contributed by atoms with Crippen molar-refractivity contribution in [1.82, 2.24) is 14.7 Å². The molecule has 2 fully saturated rings. The fraction of sp³-hybridized carbons (Fsp3) is 0.421. The van der Waals surface area contributed by atoms with Gasteiger partial charge in [-0.1, -0.05) is 0 Å². The summed E-state index contributed by atoms with van der Waals surface area (Å²) in [5, 5.41) is 13.5. The van der Waals surface area contributed by atoms with Crippen LogP contribution in [0.2, 0.25) is 0 Å². The highest BCUT2D eigenvalue weighted by Crippen LogP contribution is 2.59. The molecule has 1 aliphatic carbocycles. The van der Waals surface area contributed by atoms with Crippen molar-refractivity contribution < 1.29 is 14.7 Å². The Morgan fingerprint density at radius 3 is 2.36 bits per heavy atom. The number of carboxylic acid groups (broad SMARTS) is 1. The first-order valence-corrected chi connectivity index (χ1v) is 8.63. The van der Waals surface area contributed by atoms with Gasteiger partial charge in [0.1, 0.15) is 0 Å². The van der Waals surface area contributed by atoms with Gasteiger partial charge in [0, 0.05) is 24.8 Å². The summed E-state index contributed by atoms with van der Waals surface area (Å²) in [7, 11) is 0. The molecule has 6 heteroatoms. The largest absolute Gasteiger partial charge is 0.481 e. The van der Waals surface area contributed by atoms with Crippen molar-refractivity contribution in [2.75, 3.05) is 13.1 Å². The lowest BCUT2D eigenvalue weighted by Crippen LogP contribution is -2.40. The van der Waals surface area contributed by atoms with Crippen molar-refractivity contribution in [3.8, 4) is 5.69 Å². The van der Waals surface area contributed by atoms with Gasteiger partial charge in [-0.15, -0.1) is 0 Å². The topological polar surface area (TPSA) is 75.4 Å². The monoisotopic (exact) mass is 339 g/mol. The molecular weight excluding hydrogens is 318 g/mol. The normalized spacial score (nSPS) is 21.3. The van der Waals surface area contributed by atoms with E-state index in [0.29, 0.717) is 18.7 Å². The van der Waals surface area contributed by atoms with Gasteiger partial charge >= 0.3 is 5.97 Å². The number of benzene rings is 1. The van der Waals surface area contributed by atoms with Crippen molar-refractivity contribution in [2.45, 2.75) is 26.2 Å². The maximum Gasteiger partial charge on any atom is 0.307 e. The smallest absolute Gasteiger partial charge is 0.307 e. The Balaban J connectivity index is 1.41. The highest BCUT2D eigenvalue weighted by Gasteiger charge is 2.59. The number of piperidine rings is 1. The van der Waals surface area contributed by atoms with E-state index in [1.807, 2.05) is 48.4 Å². The van der Waals surface area contributed by atoms with E-state index in [-0.39, 0.29) is 17.2 Å². The van der Waals surface area contributed by atoms with Gasteiger partial charge < -0.3 is 10.0 Å². The second-order valence-electron chi connectivity index (χ2n) is 7.20. The Hall–Kier alpha value is -2.63. The molecule has 1 saturated heterocycles. The number of hydrogen-bond donors (Lipinski definition) is 1. The van der Waals surface area contributed by atoms with Crippen molar-refractivity contribution in [1.29, 1.82) is 0 Å². The molecule has 6 nitrogen and oxygen atoms in total. The summed E-state index contributed by atoms with van der Waals surface area (Å²) in [5.41, 5.74) is 2.48. The number of carbonyl (C=O) groups is 2. The fourth-order valence-electron chi connectivity index (χ4n) is 3.90. The van der Waals surface area contributed by atoms with Crippen LogP contribution >= 0.6 is 0 Å². The molecule has 2 heterocycles. The second-order valence-corrected chi connectivity index (χ2v) is 7.20. The summed E-state index contributed by atoms with van der Waals surface area (Å²) < 4.78 is 1.79. The van der Waals surface area contributed by atoms with Crippen LogP contribution in [0.15, 0.2) is 36.5 Å². The quantitative estimate of drug-likeness (QED) is 0.932. The number of hydrogen-bond acceptors (Lipinski definition) is 3. The molecule has 0 radical (unpaired) electrons. The first-order valence-electron chi connectivity index (χ1n) is 8.63. The Morgan fingerprint density at radius 1 is 1.16 bits per heavy atom. The number of aryl methyl sites for hydroxylation is 1. The summed E-state index contributed by atoms with van der Waals surface area (Å²) in [4.78, 5) is 25.7. The molecule has 1 aromatic heterocycles. The van der Waals surface area contributed by atoms with Crippen LogP contribution in [0.3, 0.4) is 0 Å². The van der Waals surface area contributed by atoms with Gasteiger partial charge in [0.05, 0.1) is 17.3 Å². The third kappa shape index (κ3) is 2.81. The third-order valence-corrected chi connectivity index (χ3v) is 5.64. The van der Waals surface area contributed by atoms with E-state index in [0.717, 1.165) is 30.6 Å². The van der Waals surface area contributed by atoms with E-state index < -0.39 is 5.97 Å². The van der Waals surface area contributed by atoms with Gasteiger partial charge in [0.15, 0.2) is 0 Å². The number of nitrogens with zero attached hydrogens (tertiary/aromatic N) is 3. The Kier molecular flexibility index (Phi) is 3.63. The standard InChI is InChI=1S/C19H21N3O3/c1-13-6-9-22(20-13)15-4-2-14(3-5-15)17(23)21-10-7-19(8-11-21)12-16(19)18(24)25/h2-6,9,16H,7-8,10-12H2,1H3,(H,24,25). The Labute approximate surface area is 146 Å². The zero-order valence-corrected chi connectivity index (χ0v) is 14.2. The molecule has 1 amide bonds. The van der Waals surface area contributed by atoms with E-state index in [1.165, 1.54) is 0 Å². The molecule has 2 aliphatic rings.